The van der Waals surface area contributed by atoms with Gasteiger partial charge >= 0.3 is 6.18 Å². The van der Waals surface area contributed by atoms with Gasteiger partial charge in [-0.2, -0.15) is 13.2 Å². The highest BCUT2D eigenvalue weighted by molar-refractivity contribution is 6.04. The Morgan fingerprint density at radius 2 is 1.85 bits per heavy atom. The molecule has 176 valence electrons. The number of anilines is 3. The van der Waals surface area contributed by atoms with Crippen molar-refractivity contribution < 1.29 is 27.6 Å². The van der Waals surface area contributed by atoms with Gasteiger partial charge in [-0.3, -0.25) is 14.4 Å². The van der Waals surface area contributed by atoms with Crippen molar-refractivity contribution in [1.82, 2.24) is 0 Å². The van der Waals surface area contributed by atoms with Gasteiger partial charge in [0.2, 0.25) is 17.7 Å². The normalized spacial score (nSPS) is 17.1. The molecule has 3 rings (SSSR count). The Kier molecular flexibility index (Phi) is 7.09. The largest absolute Gasteiger partial charge is 0.418 e. The summed E-state index contributed by atoms with van der Waals surface area (Å²) in [5, 5.41) is 4.63. The van der Waals surface area contributed by atoms with Crippen LogP contribution in [0.5, 0.6) is 0 Å². The molecular formula is C24H26F3N3O3. The lowest BCUT2D eigenvalue weighted by atomic mass is 9.96. The lowest BCUT2D eigenvalue weighted by Crippen LogP contribution is -2.29. The Morgan fingerprint density at radius 1 is 1.15 bits per heavy atom. The summed E-state index contributed by atoms with van der Waals surface area (Å²) in [6, 6.07) is 10.6. The molecule has 1 saturated heterocycles. The van der Waals surface area contributed by atoms with E-state index in [4.69, 9.17) is 0 Å². The van der Waals surface area contributed by atoms with Crippen LogP contribution in [0.2, 0.25) is 0 Å². The van der Waals surface area contributed by atoms with Crippen molar-refractivity contribution in [2.45, 2.75) is 45.7 Å². The summed E-state index contributed by atoms with van der Waals surface area (Å²) in [7, 11) is 0. The van der Waals surface area contributed by atoms with Crippen LogP contribution in [0.1, 0.15) is 50.7 Å². The van der Waals surface area contributed by atoms with Crippen molar-refractivity contribution in [2.24, 2.45) is 5.92 Å². The van der Waals surface area contributed by atoms with E-state index in [2.05, 4.69) is 10.6 Å². The third-order valence-corrected chi connectivity index (χ3v) is 5.77. The fraction of sp³-hybridized carbons (Fsp3) is 0.375. The minimum atomic E-state index is -4.75. The monoisotopic (exact) mass is 461 g/mol. The molecule has 2 aromatic rings. The van der Waals surface area contributed by atoms with Gasteiger partial charge in [0.15, 0.2) is 0 Å². The fourth-order valence-electron chi connectivity index (χ4n) is 3.89. The summed E-state index contributed by atoms with van der Waals surface area (Å²) in [6.45, 7) is 5.36. The number of rotatable bonds is 6. The highest BCUT2D eigenvalue weighted by atomic mass is 19.4. The molecule has 3 amide bonds. The number of carbonyl (C=O) groups excluding carboxylic acids is 3. The van der Waals surface area contributed by atoms with Crippen LogP contribution in [0.4, 0.5) is 30.2 Å². The van der Waals surface area contributed by atoms with Crippen molar-refractivity contribution in [3.8, 4) is 0 Å². The van der Waals surface area contributed by atoms with E-state index in [1.807, 2.05) is 38.1 Å². The summed E-state index contributed by atoms with van der Waals surface area (Å²) in [6.07, 6.45) is -3.96. The summed E-state index contributed by atoms with van der Waals surface area (Å²) < 4.78 is 40.7. The topological polar surface area (TPSA) is 78.5 Å². The van der Waals surface area contributed by atoms with Gasteiger partial charge in [-0.25, -0.2) is 0 Å². The minimum absolute atomic E-state index is 0.0308. The quantitative estimate of drug-likeness (QED) is 0.623. The molecule has 2 N–H and O–H groups in total. The summed E-state index contributed by atoms with van der Waals surface area (Å²) in [5.74, 6) is -2.01. The van der Waals surface area contributed by atoms with E-state index < -0.39 is 35.2 Å². The van der Waals surface area contributed by atoms with E-state index in [0.717, 1.165) is 29.8 Å². The van der Waals surface area contributed by atoms with Gasteiger partial charge in [0.25, 0.3) is 0 Å². The zero-order valence-electron chi connectivity index (χ0n) is 18.6. The van der Waals surface area contributed by atoms with E-state index in [0.29, 0.717) is 0 Å². The number of nitrogens with one attached hydrogen (secondary N) is 2. The van der Waals surface area contributed by atoms with Crippen molar-refractivity contribution in [2.75, 3.05) is 22.1 Å². The first-order chi connectivity index (χ1) is 15.5. The molecular weight excluding hydrogens is 435 g/mol. The predicted octanol–water partition coefficient (Wildman–Crippen LogP) is 5.17. The molecule has 33 heavy (non-hydrogen) atoms. The highest BCUT2D eigenvalue weighted by Gasteiger charge is 2.38. The second kappa shape index (κ2) is 9.64. The fourth-order valence-corrected chi connectivity index (χ4v) is 3.89. The average Bonchev–Trinajstić information content (AvgIpc) is 3.14. The number of alkyl halides is 3. The number of carbonyl (C=O) groups is 3. The molecule has 0 saturated carbocycles. The Labute approximate surface area is 190 Å². The zero-order chi connectivity index (χ0) is 24.3. The first kappa shape index (κ1) is 24.3. The van der Waals surface area contributed by atoms with Gasteiger partial charge in [-0.15, -0.1) is 0 Å². The second-order valence-electron chi connectivity index (χ2n) is 8.20. The number of hydrogen-bond acceptors (Lipinski definition) is 3. The van der Waals surface area contributed by atoms with E-state index in [1.54, 1.807) is 0 Å². The van der Waals surface area contributed by atoms with Crippen molar-refractivity contribution in [3.05, 3.63) is 53.6 Å². The predicted molar refractivity (Wildman–Crippen MR) is 120 cm³/mol. The molecule has 1 heterocycles. The molecule has 0 radical (unpaired) electrons. The number of benzene rings is 2. The van der Waals surface area contributed by atoms with Crippen molar-refractivity contribution >= 4 is 34.8 Å². The Hall–Kier alpha value is -3.36. The molecule has 2 unspecified atom stereocenters. The number of amides is 3. The lowest BCUT2D eigenvalue weighted by Gasteiger charge is -2.23. The lowest BCUT2D eigenvalue weighted by molar-refractivity contribution is -0.137. The van der Waals surface area contributed by atoms with Crippen LogP contribution in [0.15, 0.2) is 42.5 Å². The first-order valence-corrected chi connectivity index (χ1v) is 10.7. The van der Waals surface area contributed by atoms with Gasteiger partial charge in [0.05, 0.1) is 17.2 Å². The van der Waals surface area contributed by atoms with E-state index in [1.165, 1.54) is 17.9 Å². The van der Waals surface area contributed by atoms with E-state index >= 15 is 0 Å². The maximum Gasteiger partial charge on any atom is 0.418 e. The summed E-state index contributed by atoms with van der Waals surface area (Å²) in [4.78, 5) is 38.2. The third kappa shape index (κ3) is 5.53. The second-order valence-corrected chi connectivity index (χ2v) is 8.20. The number of hydrogen-bond donors (Lipinski definition) is 2. The zero-order valence-corrected chi connectivity index (χ0v) is 18.6. The minimum Gasteiger partial charge on any atom is -0.326 e. The van der Waals surface area contributed by atoms with Crippen LogP contribution >= 0.6 is 0 Å². The van der Waals surface area contributed by atoms with Gasteiger partial charge < -0.3 is 15.5 Å². The van der Waals surface area contributed by atoms with Crippen LogP contribution < -0.4 is 15.5 Å². The average molecular weight is 461 g/mol. The van der Waals surface area contributed by atoms with Gasteiger partial charge in [-0.1, -0.05) is 32.0 Å². The van der Waals surface area contributed by atoms with Gasteiger partial charge in [0, 0.05) is 31.3 Å². The van der Waals surface area contributed by atoms with Crippen molar-refractivity contribution in [3.63, 3.8) is 0 Å². The maximum absolute atomic E-state index is 13.6. The Balaban J connectivity index is 1.81. The van der Waals surface area contributed by atoms with Gasteiger partial charge in [0.1, 0.15) is 0 Å². The van der Waals surface area contributed by atoms with Crippen LogP contribution in [0.3, 0.4) is 0 Å². The molecule has 0 aliphatic carbocycles. The first-order valence-electron chi connectivity index (χ1n) is 10.7. The number of nitrogens with zero attached hydrogens (tertiary/aromatic N) is 1. The Morgan fingerprint density at radius 3 is 2.48 bits per heavy atom. The summed E-state index contributed by atoms with van der Waals surface area (Å²) in [5.41, 5.74) is 0.180. The van der Waals surface area contributed by atoms with Crippen LogP contribution in [-0.4, -0.2) is 24.3 Å². The third-order valence-electron chi connectivity index (χ3n) is 5.77. The van der Waals surface area contributed by atoms with E-state index in [9.17, 15) is 27.6 Å². The number of para-hydroxylation sites is 1. The molecule has 9 heteroatoms. The molecule has 6 nitrogen and oxygen atoms in total. The van der Waals surface area contributed by atoms with Crippen LogP contribution in [-0.2, 0) is 20.6 Å². The molecule has 1 aliphatic heterocycles. The Bertz CT molecular complexity index is 1070. The molecule has 0 aromatic heterocycles. The summed E-state index contributed by atoms with van der Waals surface area (Å²) >= 11 is 0. The van der Waals surface area contributed by atoms with Gasteiger partial charge in [-0.05, 0) is 42.2 Å². The molecule has 1 fully saturated rings. The SMILES string of the molecule is CCC(C)c1ccccc1N1CC(C(=O)Nc2ccc(NC(C)=O)cc2C(F)(F)F)CC1=O. The maximum atomic E-state index is 13.6. The molecule has 0 spiro atoms. The highest BCUT2D eigenvalue weighted by Crippen LogP contribution is 2.38. The molecule has 2 atom stereocenters. The number of halogens is 3. The van der Waals surface area contributed by atoms with Crippen LogP contribution in [0.25, 0.3) is 0 Å². The van der Waals surface area contributed by atoms with Crippen molar-refractivity contribution in [1.29, 1.82) is 0 Å². The molecule has 0 bridgehead atoms. The standard InChI is InChI=1S/C24H26F3N3O3/c1-4-14(2)18-7-5-6-8-21(18)30-13-16(11-22(30)32)23(33)29-20-10-9-17(28-15(3)31)12-19(20)24(25,26)27/h5-10,12,14,16H,4,11,13H2,1-3H3,(H,28,31)(H,29,33). The van der Waals surface area contributed by atoms with E-state index in [-0.39, 0.29) is 30.5 Å². The molecule has 1 aliphatic rings. The smallest absolute Gasteiger partial charge is 0.326 e. The van der Waals surface area contributed by atoms with Crippen LogP contribution in [0, 0.1) is 5.92 Å². The molecule has 2 aromatic carbocycles.